The molecule has 2 atom stereocenters. The quantitative estimate of drug-likeness (QED) is 0.639. The standard InChI is InChI=1S/C17H21NO4/c19-15-13-9-1-2-10-14(13)22-17(16(15)18(20)21)11-5-3-6-12(17)8-4-7-11/h1-2,9-12,15-16,19H,3-8H2/t11?,12?,15-,16-,17?/m0/s1. The molecule has 0 radical (unpaired) electrons. The first-order valence-corrected chi connectivity index (χ1v) is 8.24. The van der Waals surface area contributed by atoms with E-state index in [1.807, 2.05) is 12.1 Å². The van der Waals surface area contributed by atoms with Crippen LogP contribution >= 0.6 is 0 Å². The summed E-state index contributed by atoms with van der Waals surface area (Å²) in [5.41, 5.74) is -0.271. The Morgan fingerprint density at radius 1 is 1.14 bits per heavy atom. The van der Waals surface area contributed by atoms with Crippen molar-refractivity contribution in [2.24, 2.45) is 11.8 Å². The maximum atomic E-state index is 11.8. The Morgan fingerprint density at radius 2 is 1.73 bits per heavy atom. The molecule has 1 aromatic carbocycles. The predicted molar refractivity (Wildman–Crippen MR) is 80.2 cm³/mol. The van der Waals surface area contributed by atoms with Gasteiger partial charge in [0.1, 0.15) is 5.75 Å². The van der Waals surface area contributed by atoms with Gasteiger partial charge in [-0.05, 0) is 31.7 Å². The molecule has 118 valence electrons. The van der Waals surface area contributed by atoms with Crippen molar-refractivity contribution >= 4 is 0 Å². The summed E-state index contributed by atoms with van der Waals surface area (Å²) in [6.45, 7) is 0. The zero-order valence-corrected chi connectivity index (χ0v) is 12.5. The smallest absolute Gasteiger partial charge is 0.282 e. The number of hydrogen-bond donors (Lipinski definition) is 1. The minimum absolute atomic E-state index is 0.179. The average molecular weight is 303 g/mol. The van der Waals surface area contributed by atoms with Crippen molar-refractivity contribution in [3.63, 3.8) is 0 Å². The van der Waals surface area contributed by atoms with Gasteiger partial charge in [-0.2, -0.15) is 0 Å². The van der Waals surface area contributed by atoms with E-state index in [9.17, 15) is 15.2 Å². The van der Waals surface area contributed by atoms with Gasteiger partial charge in [-0.1, -0.05) is 31.0 Å². The molecule has 1 aliphatic heterocycles. The van der Waals surface area contributed by atoms with E-state index in [0.717, 1.165) is 38.5 Å². The summed E-state index contributed by atoms with van der Waals surface area (Å²) < 4.78 is 6.37. The molecular formula is C17H21NO4. The van der Waals surface area contributed by atoms with Gasteiger partial charge in [-0.15, -0.1) is 0 Å². The predicted octanol–water partition coefficient (Wildman–Crippen LogP) is 3.10. The van der Waals surface area contributed by atoms with E-state index in [1.54, 1.807) is 12.1 Å². The number of ether oxygens (including phenoxy) is 1. The van der Waals surface area contributed by atoms with Gasteiger partial charge in [0.2, 0.25) is 0 Å². The molecule has 0 saturated heterocycles. The molecule has 2 fully saturated rings. The van der Waals surface area contributed by atoms with E-state index < -0.39 is 17.7 Å². The number of para-hydroxylation sites is 1. The van der Waals surface area contributed by atoms with Crippen molar-refractivity contribution in [2.45, 2.75) is 56.3 Å². The first-order valence-electron chi connectivity index (χ1n) is 8.24. The normalized spacial score (nSPS) is 39.9. The molecule has 22 heavy (non-hydrogen) atoms. The molecule has 0 aromatic heterocycles. The highest BCUT2D eigenvalue weighted by molar-refractivity contribution is 5.40. The summed E-state index contributed by atoms with van der Waals surface area (Å²) in [7, 11) is 0. The zero-order chi connectivity index (χ0) is 15.3. The van der Waals surface area contributed by atoms with E-state index in [1.165, 1.54) is 0 Å². The zero-order valence-electron chi connectivity index (χ0n) is 12.5. The van der Waals surface area contributed by atoms with Gasteiger partial charge in [0.05, 0.1) is 0 Å². The molecule has 1 heterocycles. The van der Waals surface area contributed by atoms with Gasteiger partial charge in [-0.25, -0.2) is 0 Å². The number of aliphatic hydroxyl groups excluding tert-OH is 1. The molecule has 3 aliphatic rings. The van der Waals surface area contributed by atoms with Crippen LogP contribution in [-0.4, -0.2) is 21.7 Å². The number of rotatable bonds is 1. The minimum atomic E-state index is -1.08. The second-order valence-electron chi connectivity index (χ2n) is 6.92. The largest absolute Gasteiger partial charge is 0.479 e. The fourth-order valence-electron chi connectivity index (χ4n) is 5.16. The molecule has 4 rings (SSSR count). The second-order valence-corrected chi connectivity index (χ2v) is 6.92. The first kappa shape index (κ1) is 14.0. The Hall–Kier alpha value is -1.62. The van der Waals surface area contributed by atoms with Crippen molar-refractivity contribution in [1.29, 1.82) is 0 Å². The average Bonchev–Trinajstić information content (AvgIpc) is 2.46. The maximum Gasteiger partial charge on any atom is 0.282 e. The highest BCUT2D eigenvalue weighted by Gasteiger charge is 2.66. The lowest BCUT2D eigenvalue weighted by molar-refractivity contribution is -0.567. The molecule has 2 bridgehead atoms. The van der Waals surface area contributed by atoms with Gasteiger partial charge in [0, 0.05) is 22.3 Å². The summed E-state index contributed by atoms with van der Waals surface area (Å²) in [5.74, 6) is 0.990. The van der Waals surface area contributed by atoms with E-state index >= 15 is 0 Å². The van der Waals surface area contributed by atoms with Crippen LogP contribution in [0.2, 0.25) is 0 Å². The summed E-state index contributed by atoms with van der Waals surface area (Å²) in [4.78, 5) is 11.6. The molecule has 0 unspecified atom stereocenters. The molecule has 5 heteroatoms. The SMILES string of the molecule is O=[N+]([O-])[C@H]1[C@@H](O)c2ccccc2OC12C1CCCC2CCC1. The molecule has 1 N–H and O–H groups in total. The lowest BCUT2D eigenvalue weighted by atomic mass is 9.56. The Labute approximate surface area is 129 Å². The van der Waals surface area contributed by atoms with Crippen LogP contribution in [0.15, 0.2) is 24.3 Å². The molecule has 0 amide bonds. The first-order chi connectivity index (χ1) is 10.6. The Balaban J connectivity index is 1.88. The minimum Gasteiger partial charge on any atom is -0.479 e. The van der Waals surface area contributed by atoms with Crippen molar-refractivity contribution in [1.82, 2.24) is 0 Å². The molecule has 2 saturated carbocycles. The highest BCUT2D eigenvalue weighted by atomic mass is 16.6. The Bertz CT molecular complexity index is 580. The van der Waals surface area contributed by atoms with Crippen LogP contribution in [0.5, 0.6) is 5.75 Å². The van der Waals surface area contributed by atoms with E-state index in [0.29, 0.717) is 11.3 Å². The van der Waals surface area contributed by atoms with Crippen LogP contribution in [0.25, 0.3) is 0 Å². The Kier molecular flexibility index (Phi) is 3.15. The molecule has 2 aliphatic carbocycles. The maximum absolute atomic E-state index is 11.8. The van der Waals surface area contributed by atoms with Crippen LogP contribution in [0.3, 0.4) is 0 Å². The van der Waals surface area contributed by atoms with Crippen molar-refractivity contribution in [3.8, 4) is 5.75 Å². The lowest BCUT2D eigenvalue weighted by Gasteiger charge is -2.55. The van der Waals surface area contributed by atoms with Crippen LogP contribution in [-0.2, 0) is 0 Å². The fourth-order valence-corrected chi connectivity index (χ4v) is 5.16. The van der Waals surface area contributed by atoms with Crippen LogP contribution in [0.4, 0.5) is 0 Å². The summed E-state index contributed by atoms with van der Waals surface area (Å²) in [6.07, 6.45) is 5.02. The van der Waals surface area contributed by atoms with Gasteiger partial charge in [-0.3, -0.25) is 10.1 Å². The summed E-state index contributed by atoms with van der Waals surface area (Å²) >= 11 is 0. The topological polar surface area (TPSA) is 72.6 Å². The van der Waals surface area contributed by atoms with Crippen LogP contribution in [0, 0.1) is 22.0 Å². The van der Waals surface area contributed by atoms with Gasteiger partial charge in [0.25, 0.3) is 6.04 Å². The Morgan fingerprint density at radius 3 is 2.32 bits per heavy atom. The van der Waals surface area contributed by atoms with Crippen molar-refractivity contribution in [2.75, 3.05) is 0 Å². The molecule has 1 aromatic rings. The molecular weight excluding hydrogens is 282 g/mol. The van der Waals surface area contributed by atoms with E-state index in [-0.39, 0.29) is 16.8 Å². The summed E-state index contributed by atoms with van der Waals surface area (Å²) in [5, 5.41) is 22.6. The van der Waals surface area contributed by atoms with Gasteiger partial charge in [0.15, 0.2) is 11.7 Å². The number of aliphatic hydroxyl groups is 1. The number of nitrogens with zero attached hydrogens (tertiary/aromatic N) is 1. The summed E-state index contributed by atoms with van der Waals surface area (Å²) in [6, 6.07) is 6.17. The highest BCUT2D eigenvalue weighted by Crippen LogP contribution is 2.56. The van der Waals surface area contributed by atoms with Crippen molar-refractivity contribution < 1.29 is 14.8 Å². The number of hydrogen-bond acceptors (Lipinski definition) is 4. The third kappa shape index (κ3) is 1.75. The van der Waals surface area contributed by atoms with Gasteiger partial charge < -0.3 is 9.84 Å². The third-order valence-corrected chi connectivity index (χ3v) is 6.00. The number of fused-ring (bicyclic) bond motifs is 1. The number of nitro groups is 1. The van der Waals surface area contributed by atoms with Crippen LogP contribution < -0.4 is 4.74 Å². The third-order valence-electron chi connectivity index (χ3n) is 6.00. The van der Waals surface area contributed by atoms with Gasteiger partial charge >= 0.3 is 0 Å². The van der Waals surface area contributed by atoms with Crippen LogP contribution in [0.1, 0.15) is 50.2 Å². The number of benzene rings is 1. The second kappa shape index (κ2) is 4.95. The fraction of sp³-hybridized carbons (Fsp3) is 0.647. The van der Waals surface area contributed by atoms with E-state index in [2.05, 4.69) is 0 Å². The molecule has 5 nitrogen and oxygen atoms in total. The van der Waals surface area contributed by atoms with E-state index in [4.69, 9.17) is 4.74 Å². The van der Waals surface area contributed by atoms with Crippen molar-refractivity contribution in [3.05, 3.63) is 39.9 Å². The monoisotopic (exact) mass is 303 g/mol. The lowest BCUT2D eigenvalue weighted by Crippen LogP contribution is -2.67. The molecule has 1 spiro atoms.